The number of nitrogens with one attached hydrogen (secondary N) is 2. The van der Waals surface area contributed by atoms with Gasteiger partial charge >= 0.3 is 0 Å². The van der Waals surface area contributed by atoms with Crippen molar-refractivity contribution in [2.45, 2.75) is 56.7 Å². The maximum Gasteiger partial charge on any atom is 0.270 e. The topological polar surface area (TPSA) is 101 Å². The van der Waals surface area contributed by atoms with Gasteiger partial charge in [0.25, 0.3) is 11.8 Å². The molecule has 3 aliphatic rings. The Morgan fingerprint density at radius 1 is 1.21 bits per heavy atom. The van der Waals surface area contributed by atoms with Crippen LogP contribution >= 0.6 is 11.6 Å². The second-order valence-corrected chi connectivity index (χ2v) is 9.53. The van der Waals surface area contributed by atoms with Crippen LogP contribution in [0.3, 0.4) is 0 Å². The Labute approximate surface area is 196 Å². The molecule has 33 heavy (non-hydrogen) atoms. The molecule has 3 fully saturated rings. The molecule has 9 heteroatoms. The summed E-state index contributed by atoms with van der Waals surface area (Å²) in [6, 6.07) is 7.36. The van der Waals surface area contributed by atoms with Crippen LogP contribution in [0.2, 0.25) is 5.02 Å². The predicted molar refractivity (Wildman–Crippen MR) is 120 cm³/mol. The average molecular weight is 476 g/mol. The van der Waals surface area contributed by atoms with Crippen LogP contribution in [-0.2, 0) is 11.4 Å². The quantitative estimate of drug-likeness (QED) is 0.570. The van der Waals surface area contributed by atoms with Crippen molar-refractivity contribution in [3.8, 4) is 5.75 Å². The number of aliphatic hydroxyl groups excluding tert-OH is 1. The van der Waals surface area contributed by atoms with Crippen LogP contribution in [0, 0.1) is 11.7 Å². The summed E-state index contributed by atoms with van der Waals surface area (Å²) in [5.74, 6) is -0.689. The van der Waals surface area contributed by atoms with E-state index in [1.807, 2.05) is 0 Å². The first-order chi connectivity index (χ1) is 15.7. The van der Waals surface area contributed by atoms with Crippen molar-refractivity contribution >= 4 is 23.4 Å². The molecule has 176 valence electrons. The van der Waals surface area contributed by atoms with Crippen LogP contribution in [0.15, 0.2) is 36.5 Å². The van der Waals surface area contributed by atoms with E-state index in [4.69, 9.17) is 21.4 Å². The summed E-state index contributed by atoms with van der Waals surface area (Å²) in [6.07, 6.45) is 5.23. The zero-order valence-corrected chi connectivity index (χ0v) is 19.1. The van der Waals surface area contributed by atoms with Crippen LogP contribution < -0.4 is 15.4 Å². The van der Waals surface area contributed by atoms with Gasteiger partial charge in [0.05, 0.1) is 11.6 Å². The fourth-order valence-corrected chi connectivity index (χ4v) is 5.18. The smallest absolute Gasteiger partial charge is 0.270 e. The van der Waals surface area contributed by atoms with Crippen LogP contribution in [0.1, 0.15) is 55.1 Å². The number of hydrogen-bond acceptors (Lipinski definition) is 5. The lowest BCUT2D eigenvalue weighted by molar-refractivity contribution is -0.128. The lowest BCUT2D eigenvalue weighted by atomic mass is 9.56. The number of carbonyl (C=O) groups excluding carboxylic acids is 2. The van der Waals surface area contributed by atoms with Crippen molar-refractivity contribution in [1.82, 2.24) is 15.6 Å². The third kappa shape index (κ3) is 4.96. The normalized spacial score (nSPS) is 26.0. The summed E-state index contributed by atoms with van der Waals surface area (Å²) in [5, 5.41) is 15.5. The minimum atomic E-state index is -0.598. The maximum absolute atomic E-state index is 13.6. The molecule has 2 bridgehead atoms. The third-order valence-electron chi connectivity index (χ3n) is 7.01. The standard InChI is InChI=1S/C24H27ClFN3O4/c1-15-11-23(29-22(32)20-5-2-16(13-30)12-27-20)6-8-24(15,9-7-23)28-21(31)14-33-17-3-4-18(25)19(26)10-17/h2-5,10,12,15,30H,6-9,11,13-14H2,1H3,(H,28,31)(H,29,32)/t15-,23?,24?/m0/s1. The van der Waals surface area contributed by atoms with Gasteiger partial charge in [-0.25, -0.2) is 4.39 Å². The van der Waals surface area contributed by atoms with E-state index in [1.165, 1.54) is 18.3 Å². The Kier molecular flexibility index (Phi) is 6.59. The fourth-order valence-electron chi connectivity index (χ4n) is 5.06. The molecule has 1 aromatic carbocycles. The van der Waals surface area contributed by atoms with Gasteiger partial charge in [-0.3, -0.25) is 14.6 Å². The molecule has 7 nitrogen and oxygen atoms in total. The van der Waals surface area contributed by atoms with Gasteiger partial charge in [-0.05, 0) is 61.8 Å². The molecule has 1 aromatic heterocycles. The second-order valence-electron chi connectivity index (χ2n) is 9.12. The zero-order chi connectivity index (χ0) is 23.6. The number of rotatable bonds is 7. The number of benzene rings is 1. The highest BCUT2D eigenvalue weighted by Crippen LogP contribution is 2.50. The van der Waals surface area contributed by atoms with Gasteiger partial charge in [0.15, 0.2) is 6.61 Å². The van der Waals surface area contributed by atoms with E-state index in [0.717, 1.165) is 38.2 Å². The molecule has 2 aromatic rings. The van der Waals surface area contributed by atoms with Crippen molar-refractivity contribution in [2.75, 3.05) is 6.61 Å². The number of halogens is 2. The van der Waals surface area contributed by atoms with E-state index in [-0.39, 0.29) is 52.8 Å². The number of ether oxygens (including phenoxy) is 1. The SMILES string of the molecule is C[C@H]1CC2(NC(=O)c3ccc(CO)cn3)CCC1(NC(=O)COc1ccc(Cl)c(F)c1)CC2. The zero-order valence-electron chi connectivity index (χ0n) is 18.4. The third-order valence-corrected chi connectivity index (χ3v) is 7.31. The van der Waals surface area contributed by atoms with E-state index in [0.29, 0.717) is 11.3 Å². The molecule has 0 aliphatic heterocycles. The minimum Gasteiger partial charge on any atom is -0.484 e. The average Bonchev–Trinajstić information content (AvgIpc) is 2.81. The molecule has 0 saturated heterocycles. The summed E-state index contributed by atoms with van der Waals surface area (Å²) in [5.41, 5.74) is 0.303. The molecule has 0 unspecified atom stereocenters. The van der Waals surface area contributed by atoms with Crippen LogP contribution in [0.4, 0.5) is 4.39 Å². The first-order valence-electron chi connectivity index (χ1n) is 11.0. The molecule has 1 atom stereocenters. The molecular weight excluding hydrogens is 449 g/mol. The number of aromatic nitrogens is 1. The molecular formula is C24H27ClFN3O4. The van der Waals surface area contributed by atoms with Crippen molar-refractivity contribution in [2.24, 2.45) is 5.92 Å². The fraction of sp³-hybridized carbons (Fsp3) is 0.458. The molecule has 3 aliphatic carbocycles. The molecule has 2 amide bonds. The first kappa shape index (κ1) is 23.4. The van der Waals surface area contributed by atoms with Crippen molar-refractivity contribution in [1.29, 1.82) is 0 Å². The van der Waals surface area contributed by atoms with E-state index >= 15 is 0 Å². The maximum atomic E-state index is 13.6. The van der Waals surface area contributed by atoms with Gasteiger partial charge in [-0.2, -0.15) is 0 Å². The summed E-state index contributed by atoms with van der Waals surface area (Å²) in [6.45, 7) is 1.75. The van der Waals surface area contributed by atoms with Gasteiger partial charge < -0.3 is 20.5 Å². The highest BCUT2D eigenvalue weighted by atomic mass is 35.5. The molecule has 5 rings (SSSR count). The highest BCUT2D eigenvalue weighted by molar-refractivity contribution is 6.30. The van der Waals surface area contributed by atoms with Gasteiger partial charge in [0.1, 0.15) is 17.3 Å². The number of hydrogen-bond donors (Lipinski definition) is 3. The van der Waals surface area contributed by atoms with Crippen molar-refractivity contribution in [3.63, 3.8) is 0 Å². The van der Waals surface area contributed by atoms with E-state index in [1.54, 1.807) is 12.1 Å². The molecule has 3 saturated carbocycles. The molecule has 0 spiro atoms. The summed E-state index contributed by atoms with van der Waals surface area (Å²) < 4.78 is 19.0. The Morgan fingerprint density at radius 2 is 1.97 bits per heavy atom. The lowest BCUT2D eigenvalue weighted by Crippen LogP contribution is -2.67. The van der Waals surface area contributed by atoms with Crippen LogP contribution in [0.5, 0.6) is 5.75 Å². The largest absolute Gasteiger partial charge is 0.484 e. The summed E-state index contributed by atoms with van der Waals surface area (Å²) >= 11 is 5.67. The summed E-state index contributed by atoms with van der Waals surface area (Å²) in [7, 11) is 0. The van der Waals surface area contributed by atoms with Crippen molar-refractivity contribution in [3.05, 3.63) is 58.6 Å². The van der Waals surface area contributed by atoms with E-state index < -0.39 is 5.82 Å². The second kappa shape index (κ2) is 9.27. The Hall–Kier alpha value is -2.71. The van der Waals surface area contributed by atoms with Crippen LogP contribution in [0.25, 0.3) is 0 Å². The molecule has 0 radical (unpaired) electrons. The Morgan fingerprint density at radius 3 is 2.58 bits per heavy atom. The van der Waals surface area contributed by atoms with Crippen molar-refractivity contribution < 1.29 is 23.8 Å². The number of fused-ring (bicyclic) bond motifs is 3. The summed E-state index contributed by atoms with van der Waals surface area (Å²) in [4.78, 5) is 29.5. The molecule has 3 N–H and O–H groups in total. The van der Waals surface area contributed by atoms with Gasteiger partial charge in [0.2, 0.25) is 0 Å². The Bertz CT molecular complexity index is 1040. The van der Waals surface area contributed by atoms with Gasteiger partial charge in [0, 0.05) is 23.3 Å². The number of carbonyl (C=O) groups is 2. The number of nitrogens with zero attached hydrogens (tertiary/aromatic N) is 1. The molecule has 1 heterocycles. The first-order valence-corrected chi connectivity index (χ1v) is 11.4. The van der Waals surface area contributed by atoms with E-state index in [2.05, 4.69) is 22.5 Å². The van der Waals surface area contributed by atoms with Gasteiger partial charge in [-0.15, -0.1) is 0 Å². The highest BCUT2D eigenvalue weighted by Gasteiger charge is 2.54. The van der Waals surface area contributed by atoms with Crippen LogP contribution in [-0.4, -0.2) is 39.6 Å². The minimum absolute atomic E-state index is 0.00236. The van der Waals surface area contributed by atoms with Gasteiger partial charge in [-0.1, -0.05) is 24.6 Å². The van der Waals surface area contributed by atoms with E-state index in [9.17, 15) is 14.0 Å². The predicted octanol–water partition coefficient (Wildman–Crippen LogP) is 3.38. The number of aliphatic hydroxyl groups is 1. The lowest BCUT2D eigenvalue weighted by Gasteiger charge is -2.57. The number of pyridine rings is 1. The monoisotopic (exact) mass is 475 g/mol. The number of amides is 2. The Balaban J connectivity index is 1.34.